The fourth-order valence-corrected chi connectivity index (χ4v) is 1.70. The van der Waals surface area contributed by atoms with Crippen molar-refractivity contribution in [2.45, 2.75) is 13.0 Å². The number of ether oxygens (including phenoxy) is 1. The van der Waals surface area contributed by atoms with Gasteiger partial charge in [0.15, 0.2) is 5.75 Å². The van der Waals surface area contributed by atoms with E-state index in [1.807, 2.05) is 16.8 Å². The number of nitro groups is 1. The monoisotopic (exact) mass is 272 g/mol. The van der Waals surface area contributed by atoms with Gasteiger partial charge in [-0.05, 0) is 18.6 Å². The molecule has 2 rings (SSSR count). The lowest BCUT2D eigenvalue weighted by molar-refractivity contribution is -0.385. The Morgan fingerprint density at radius 2 is 2.35 bits per heavy atom. The van der Waals surface area contributed by atoms with Gasteiger partial charge in [0.25, 0.3) is 0 Å². The zero-order valence-corrected chi connectivity index (χ0v) is 10.6. The Bertz CT molecular complexity index is 632. The first-order chi connectivity index (χ1) is 9.70. The van der Waals surface area contributed by atoms with Crippen molar-refractivity contribution in [2.24, 2.45) is 0 Å². The zero-order valence-electron chi connectivity index (χ0n) is 10.6. The second kappa shape index (κ2) is 6.33. The van der Waals surface area contributed by atoms with Crippen LogP contribution in [0.4, 0.5) is 5.69 Å². The van der Waals surface area contributed by atoms with Crippen LogP contribution in [0.2, 0.25) is 0 Å². The fraction of sp³-hybridized carbons (Fsp3) is 0.231. The molecule has 0 atom stereocenters. The van der Waals surface area contributed by atoms with Crippen LogP contribution in [0.15, 0.2) is 36.9 Å². The molecule has 0 amide bonds. The number of aryl methyl sites for hydroxylation is 1. The van der Waals surface area contributed by atoms with E-state index >= 15 is 0 Å². The van der Waals surface area contributed by atoms with E-state index < -0.39 is 4.92 Å². The van der Waals surface area contributed by atoms with E-state index in [0.717, 1.165) is 6.54 Å². The molecule has 0 bridgehead atoms. The first-order valence-corrected chi connectivity index (χ1v) is 5.98. The smallest absolute Gasteiger partial charge is 0.312 e. The molecule has 0 saturated carbocycles. The molecule has 1 aromatic carbocycles. The third kappa shape index (κ3) is 3.32. The summed E-state index contributed by atoms with van der Waals surface area (Å²) in [5, 5.41) is 19.6. The maximum absolute atomic E-state index is 10.9. The van der Waals surface area contributed by atoms with Crippen molar-refractivity contribution >= 4 is 5.69 Å². The summed E-state index contributed by atoms with van der Waals surface area (Å²) in [6.45, 7) is 1.08. The summed E-state index contributed by atoms with van der Waals surface area (Å²) >= 11 is 0. The van der Waals surface area contributed by atoms with Gasteiger partial charge in [-0.15, -0.1) is 0 Å². The second-order valence-electron chi connectivity index (χ2n) is 4.05. The first kappa shape index (κ1) is 13.5. The van der Waals surface area contributed by atoms with Crippen molar-refractivity contribution in [1.82, 2.24) is 9.55 Å². The van der Waals surface area contributed by atoms with Crippen LogP contribution >= 0.6 is 0 Å². The quantitative estimate of drug-likeness (QED) is 0.456. The first-order valence-electron chi connectivity index (χ1n) is 5.98. The summed E-state index contributed by atoms with van der Waals surface area (Å²) in [5.41, 5.74) is 0.0501. The molecule has 7 heteroatoms. The van der Waals surface area contributed by atoms with Crippen molar-refractivity contribution in [3.63, 3.8) is 0 Å². The van der Waals surface area contributed by atoms with Crippen LogP contribution in [0, 0.1) is 21.4 Å². The minimum Gasteiger partial charge on any atom is -0.487 e. The number of nitro benzene ring substituents is 1. The number of benzene rings is 1. The standard InChI is InChI=1S/C13H12N4O3/c14-9-11-2-3-13(12(8-11)17(18)19)20-7-1-5-16-6-4-15-10-16/h2-4,6,8,10H,1,5,7H2. The second-order valence-corrected chi connectivity index (χ2v) is 4.05. The third-order valence-electron chi connectivity index (χ3n) is 2.66. The Morgan fingerprint density at radius 3 is 3.00 bits per heavy atom. The number of nitriles is 1. The highest BCUT2D eigenvalue weighted by Gasteiger charge is 2.15. The SMILES string of the molecule is N#Cc1ccc(OCCCn2ccnc2)c([N+](=O)[O-])c1. The number of aromatic nitrogens is 2. The normalized spacial score (nSPS) is 9.95. The summed E-state index contributed by atoms with van der Waals surface area (Å²) in [4.78, 5) is 14.3. The average Bonchev–Trinajstić information content (AvgIpc) is 2.96. The van der Waals surface area contributed by atoms with Gasteiger partial charge in [0.05, 0.1) is 29.5 Å². The maximum Gasteiger partial charge on any atom is 0.312 e. The average molecular weight is 272 g/mol. The van der Waals surface area contributed by atoms with Crippen LogP contribution < -0.4 is 4.74 Å². The minimum absolute atomic E-state index is 0.180. The van der Waals surface area contributed by atoms with Gasteiger partial charge >= 0.3 is 5.69 Å². The van der Waals surface area contributed by atoms with E-state index in [-0.39, 0.29) is 17.0 Å². The van der Waals surface area contributed by atoms with E-state index in [0.29, 0.717) is 13.0 Å². The number of rotatable bonds is 6. The largest absolute Gasteiger partial charge is 0.487 e. The van der Waals surface area contributed by atoms with Crippen molar-refractivity contribution in [3.05, 3.63) is 52.6 Å². The van der Waals surface area contributed by atoms with Crippen LogP contribution in [0.25, 0.3) is 0 Å². The molecule has 0 saturated heterocycles. The van der Waals surface area contributed by atoms with E-state index in [4.69, 9.17) is 10.00 Å². The topological polar surface area (TPSA) is 94.0 Å². The van der Waals surface area contributed by atoms with Crippen LogP contribution in [0.5, 0.6) is 5.75 Å². The molecule has 7 nitrogen and oxygen atoms in total. The molecule has 0 N–H and O–H groups in total. The molecule has 1 aromatic heterocycles. The summed E-state index contributed by atoms with van der Waals surface area (Å²) in [6, 6.07) is 6.03. The lowest BCUT2D eigenvalue weighted by Gasteiger charge is -2.07. The Labute approximate surface area is 115 Å². The van der Waals surface area contributed by atoms with E-state index in [2.05, 4.69) is 4.98 Å². The van der Waals surface area contributed by atoms with E-state index in [9.17, 15) is 10.1 Å². The van der Waals surface area contributed by atoms with Gasteiger partial charge in [-0.2, -0.15) is 5.26 Å². The number of hydrogen-bond donors (Lipinski definition) is 0. The van der Waals surface area contributed by atoms with Gasteiger partial charge in [-0.1, -0.05) is 0 Å². The molecule has 0 unspecified atom stereocenters. The summed E-state index contributed by atoms with van der Waals surface area (Å²) < 4.78 is 7.31. The van der Waals surface area contributed by atoms with E-state index in [1.54, 1.807) is 12.5 Å². The van der Waals surface area contributed by atoms with Crippen molar-refractivity contribution in [1.29, 1.82) is 5.26 Å². The fourth-order valence-electron chi connectivity index (χ4n) is 1.70. The van der Waals surface area contributed by atoms with Gasteiger partial charge in [0.2, 0.25) is 0 Å². The number of hydrogen-bond acceptors (Lipinski definition) is 5. The number of imidazole rings is 1. The molecule has 1 heterocycles. The molecule has 2 aromatic rings. The molecule has 0 radical (unpaired) electrons. The Balaban J connectivity index is 1.95. The maximum atomic E-state index is 10.9. The molecular weight excluding hydrogens is 260 g/mol. The predicted octanol–water partition coefficient (Wildman–Crippen LogP) is 2.13. The van der Waals surface area contributed by atoms with Crippen molar-refractivity contribution < 1.29 is 9.66 Å². The molecule has 0 spiro atoms. The van der Waals surface area contributed by atoms with Gasteiger partial charge in [-0.3, -0.25) is 10.1 Å². The third-order valence-corrected chi connectivity index (χ3v) is 2.66. The van der Waals surface area contributed by atoms with Gasteiger partial charge in [0, 0.05) is 25.0 Å². The molecular formula is C13H12N4O3. The molecule has 102 valence electrons. The van der Waals surface area contributed by atoms with Crippen molar-refractivity contribution in [2.75, 3.05) is 6.61 Å². The predicted molar refractivity (Wildman–Crippen MR) is 70.2 cm³/mol. The van der Waals surface area contributed by atoms with Crippen LogP contribution in [-0.2, 0) is 6.54 Å². The lowest BCUT2D eigenvalue weighted by Crippen LogP contribution is -2.04. The Hall–Kier alpha value is -2.88. The van der Waals surface area contributed by atoms with Crippen LogP contribution in [-0.4, -0.2) is 21.1 Å². The van der Waals surface area contributed by atoms with E-state index in [1.165, 1.54) is 18.2 Å². The molecule has 0 aliphatic carbocycles. The Morgan fingerprint density at radius 1 is 1.50 bits per heavy atom. The lowest BCUT2D eigenvalue weighted by atomic mass is 10.2. The van der Waals surface area contributed by atoms with Crippen LogP contribution in [0.1, 0.15) is 12.0 Å². The summed E-state index contributed by atoms with van der Waals surface area (Å²) in [5.74, 6) is 0.180. The summed E-state index contributed by atoms with van der Waals surface area (Å²) in [6.07, 6.45) is 5.92. The van der Waals surface area contributed by atoms with Gasteiger partial charge in [0.1, 0.15) is 0 Å². The molecule has 20 heavy (non-hydrogen) atoms. The highest BCUT2D eigenvalue weighted by atomic mass is 16.6. The van der Waals surface area contributed by atoms with Crippen molar-refractivity contribution in [3.8, 4) is 11.8 Å². The molecule has 0 fully saturated rings. The highest BCUT2D eigenvalue weighted by molar-refractivity contribution is 5.51. The Kier molecular flexibility index (Phi) is 4.29. The highest BCUT2D eigenvalue weighted by Crippen LogP contribution is 2.27. The number of nitrogens with zero attached hydrogens (tertiary/aromatic N) is 4. The molecule has 0 aliphatic rings. The van der Waals surface area contributed by atoms with Crippen LogP contribution in [0.3, 0.4) is 0 Å². The zero-order chi connectivity index (χ0) is 14.4. The van der Waals surface area contributed by atoms with Gasteiger partial charge in [-0.25, -0.2) is 4.98 Å². The molecule has 0 aliphatic heterocycles. The van der Waals surface area contributed by atoms with Gasteiger partial charge < -0.3 is 9.30 Å². The summed E-state index contributed by atoms with van der Waals surface area (Å²) in [7, 11) is 0. The minimum atomic E-state index is -0.550.